The van der Waals surface area contributed by atoms with Gasteiger partial charge < -0.3 is 15.4 Å². The molecule has 1 atom stereocenters. The Balaban J connectivity index is 1.82. The quantitative estimate of drug-likeness (QED) is 0.782. The van der Waals surface area contributed by atoms with Crippen molar-refractivity contribution >= 4 is 11.2 Å². The topological polar surface area (TPSA) is 68.7 Å². The van der Waals surface area contributed by atoms with Gasteiger partial charge in [0, 0.05) is 24.7 Å². The van der Waals surface area contributed by atoms with Crippen LogP contribution in [0.4, 0.5) is 10.1 Å². The summed E-state index contributed by atoms with van der Waals surface area (Å²) in [5.74, 6) is -0.283. The lowest BCUT2D eigenvalue weighted by Gasteiger charge is -2.27. The highest BCUT2D eigenvalue weighted by atomic mass is 19.1. The molecular weight excluding hydrogens is 333 g/mol. The number of morpholine rings is 1. The molecule has 1 unspecified atom stereocenters. The highest BCUT2D eigenvalue weighted by molar-refractivity contribution is 5.80. The predicted octanol–water partition coefficient (Wildman–Crippen LogP) is 2.70. The van der Waals surface area contributed by atoms with E-state index in [0.717, 1.165) is 29.9 Å². The number of nitrogens with two attached hydrogens (primary N) is 1. The lowest BCUT2D eigenvalue weighted by Crippen LogP contribution is -2.35. The van der Waals surface area contributed by atoms with Crippen LogP contribution in [0.2, 0.25) is 0 Å². The highest BCUT2D eigenvalue weighted by Gasteiger charge is 2.19. The molecule has 7 heteroatoms. The fourth-order valence-corrected chi connectivity index (χ4v) is 3.49. The second-order valence-electron chi connectivity index (χ2n) is 6.67. The summed E-state index contributed by atoms with van der Waals surface area (Å²) in [4.78, 5) is 6.60. The van der Waals surface area contributed by atoms with E-state index in [4.69, 9.17) is 10.5 Å². The van der Waals surface area contributed by atoms with E-state index in [2.05, 4.69) is 15.0 Å². The normalized spacial score (nSPS) is 16.2. The maximum Gasteiger partial charge on any atom is 0.137 e. The molecule has 3 heterocycles. The molecule has 2 aromatic heterocycles. The van der Waals surface area contributed by atoms with Gasteiger partial charge in [-0.25, -0.2) is 13.9 Å². The molecule has 6 nitrogen and oxygen atoms in total. The largest absolute Gasteiger partial charge is 0.378 e. The standard InChI is InChI=1S/C19H22FN5O/c1-12-15(13(2)21)3-4-16(18(12)20)19-17-9-14(10-25(17)23-11-22-19)24-5-7-26-8-6-24/h3-4,9-11,13H,5-8,21H2,1-2H3. The van der Waals surface area contributed by atoms with Crippen molar-refractivity contribution in [2.24, 2.45) is 5.73 Å². The van der Waals surface area contributed by atoms with E-state index in [1.165, 1.54) is 6.33 Å². The van der Waals surface area contributed by atoms with E-state index >= 15 is 4.39 Å². The minimum atomic E-state index is -0.283. The van der Waals surface area contributed by atoms with Gasteiger partial charge in [0.05, 0.1) is 30.6 Å². The van der Waals surface area contributed by atoms with Gasteiger partial charge in [-0.05, 0) is 37.1 Å². The molecule has 1 aliphatic heterocycles. The van der Waals surface area contributed by atoms with E-state index in [0.29, 0.717) is 30.0 Å². The average Bonchev–Trinajstić information content (AvgIpc) is 3.09. The van der Waals surface area contributed by atoms with Crippen LogP contribution in [0.15, 0.2) is 30.7 Å². The summed E-state index contributed by atoms with van der Waals surface area (Å²) < 4.78 is 22.2. The molecule has 1 saturated heterocycles. The smallest absolute Gasteiger partial charge is 0.137 e. The number of fused-ring (bicyclic) bond motifs is 1. The number of anilines is 1. The number of nitrogens with zero attached hydrogens (tertiary/aromatic N) is 4. The van der Waals surface area contributed by atoms with Crippen molar-refractivity contribution in [2.45, 2.75) is 19.9 Å². The fourth-order valence-electron chi connectivity index (χ4n) is 3.49. The van der Waals surface area contributed by atoms with Crippen molar-refractivity contribution < 1.29 is 9.13 Å². The van der Waals surface area contributed by atoms with Crippen LogP contribution < -0.4 is 10.6 Å². The fraction of sp³-hybridized carbons (Fsp3) is 0.368. The van der Waals surface area contributed by atoms with E-state index < -0.39 is 0 Å². The monoisotopic (exact) mass is 355 g/mol. The van der Waals surface area contributed by atoms with Gasteiger partial charge in [-0.1, -0.05) is 6.07 Å². The Labute approximate surface area is 151 Å². The second-order valence-corrected chi connectivity index (χ2v) is 6.67. The van der Waals surface area contributed by atoms with Crippen molar-refractivity contribution in [3.05, 3.63) is 47.7 Å². The maximum absolute atomic E-state index is 15.0. The lowest BCUT2D eigenvalue weighted by molar-refractivity contribution is 0.122. The van der Waals surface area contributed by atoms with Crippen LogP contribution >= 0.6 is 0 Å². The van der Waals surface area contributed by atoms with Gasteiger partial charge in [-0.2, -0.15) is 5.10 Å². The molecule has 0 amide bonds. The zero-order chi connectivity index (χ0) is 18.3. The Morgan fingerprint density at radius 3 is 2.77 bits per heavy atom. The predicted molar refractivity (Wildman–Crippen MR) is 98.8 cm³/mol. The number of aromatic nitrogens is 3. The zero-order valence-electron chi connectivity index (χ0n) is 14.9. The van der Waals surface area contributed by atoms with Crippen molar-refractivity contribution in [3.63, 3.8) is 0 Å². The summed E-state index contributed by atoms with van der Waals surface area (Å²) in [7, 11) is 0. The molecule has 0 radical (unpaired) electrons. The van der Waals surface area contributed by atoms with Crippen molar-refractivity contribution in [3.8, 4) is 11.3 Å². The van der Waals surface area contributed by atoms with Crippen LogP contribution in [0.25, 0.3) is 16.8 Å². The number of ether oxygens (including phenoxy) is 1. The van der Waals surface area contributed by atoms with Gasteiger partial charge >= 0.3 is 0 Å². The molecule has 1 aliphatic rings. The van der Waals surface area contributed by atoms with Crippen LogP contribution in [0, 0.1) is 12.7 Å². The first-order chi connectivity index (χ1) is 12.6. The van der Waals surface area contributed by atoms with E-state index in [9.17, 15) is 0 Å². The van der Waals surface area contributed by atoms with Crippen molar-refractivity contribution in [1.82, 2.24) is 14.6 Å². The third-order valence-corrected chi connectivity index (χ3v) is 4.94. The van der Waals surface area contributed by atoms with Crippen molar-refractivity contribution in [1.29, 1.82) is 0 Å². The van der Waals surface area contributed by atoms with Gasteiger partial charge in [0.1, 0.15) is 17.8 Å². The van der Waals surface area contributed by atoms with Crippen molar-refractivity contribution in [2.75, 3.05) is 31.2 Å². The number of hydrogen-bond acceptors (Lipinski definition) is 5. The molecule has 136 valence electrons. The summed E-state index contributed by atoms with van der Waals surface area (Å²) in [6.45, 7) is 6.68. The molecule has 0 saturated carbocycles. The second kappa shape index (κ2) is 6.66. The number of benzene rings is 1. The maximum atomic E-state index is 15.0. The highest BCUT2D eigenvalue weighted by Crippen LogP contribution is 2.32. The molecular formula is C19H22FN5O. The molecule has 1 fully saturated rings. The minimum Gasteiger partial charge on any atom is -0.378 e. The first-order valence-electron chi connectivity index (χ1n) is 8.77. The zero-order valence-corrected chi connectivity index (χ0v) is 14.9. The summed E-state index contributed by atoms with van der Waals surface area (Å²) in [5.41, 5.74) is 10.2. The third kappa shape index (κ3) is 2.83. The Morgan fingerprint density at radius 2 is 2.04 bits per heavy atom. The Kier molecular flexibility index (Phi) is 4.34. The van der Waals surface area contributed by atoms with Crippen LogP contribution in [-0.2, 0) is 4.74 Å². The van der Waals surface area contributed by atoms with Crippen LogP contribution in [0.3, 0.4) is 0 Å². The van der Waals surface area contributed by atoms with Gasteiger partial charge in [0.25, 0.3) is 0 Å². The Hall–Kier alpha value is -2.51. The van der Waals surface area contributed by atoms with E-state index in [1.807, 2.05) is 25.3 Å². The van der Waals surface area contributed by atoms with Crippen LogP contribution in [0.5, 0.6) is 0 Å². The number of halogens is 1. The SMILES string of the molecule is Cc1c(C(C)N)ccc(-c2ncnn3cc(N4CCOCC4)cc23)c1F. The molecule has 0 bridgehead atoms. The minimum absolute atomic E-state index is 0.217. The number of rotatable bonds is 3. The average molecular weight is 355 g/mol. The summed E-state index contributed by atoms with van der Waals surface area (Å²) in [6.07, 6.45) is 3.41. The molecule has 3 aromatic rings. The van der Waals surface area contributed by atoms with E-state index in [-0.39, 0.29) is 11.9 Å². The summed E-state index contributed by atoms with van der Waals surface area (Å²) in [5, 5.41) is 4.29. The first kappa shape index (κ1) is 16.9. The molecule has 2 N–H and O–H groups in total. The Morgan fingerprint density at radius 1 is 1.27 bits per heavy atom. The summed E-state index contributed by atoms with van der Waals surface area (Å²) >= 11 is 0. The molecule has 26 heavy (non-hydrogen) atoms. The van der Waals surface area contributed by atoms with Gasteiger partial charge in [-0.3, -0.25) is 0 Å². The van der Waals surface area contributed by atoms with Gasteiger partial charge in [0.15, 0.2) is 0 Å². The van der Waals surface area contributed by atoms with Gasteiger partial charge in [-0.15, -0.1) is 0 Å². The molecule has 1 aromatic carbocycles. The molecule has 0 aliphatic carbocycles. The molecule has 0 spiro atoms. The van der Waals surface area contributed by atoms with Crippen LogP contribution in [-0.4, -0.2) is 40.9 Å². The molecule has 4 rings (SSSR count). The van der Waals surface area contributed by atoms with Gasteiger partial charge in [0.2, 0.25) is 0 Å². The number of hydrogen-bond donors (Lipinski definition) is 1. The van der Waals surface area contributed by atoms with E-state index in [1.54, 1.807) is 17.5 Å². The first-order valence-corrected chi connectivity index (χ1v) is 8.77. The summed E-state index contributed by atoms with van der Waals surface area (Å²) in [6, 6.07) is 5.42. The Bertz CT molecular complexity index is 946. The third-order valence-electron chi connectivity index (χ3n) is 4.94. The van der Waals surface area contributed by atoms with Crippen LogP contribution in [0.1, 0.15) is 24.1 Å². The lowest BCUT2D eigenvalue weighted by atomic mass is 9.98.